The molecule has 3 rings (SSSR count). The highest BCUT2D eigenvalue weighted by molar-refractivity contribution is 6.05. The Hall–Kier alpha value is -2.86. The predicted molar refractivity (Wildman–Crippen MR) is 172 cm³/mol. The quantitative estimate of drug-likeness (QED) is 0.272. The van der Waals surface area contributed by atoms with Crippen LogP contribution in [0.15, 0.2) is 58.3 Å². The van der Waals surface area contributed by atoms with Gasteiger partial charge in [0.05, 0.1) is 17.3 Å². The van der Waals surface area contributed by atoms with Crippen molar-refractivity contribution < 1.29 is 9.90 Å². The number of benzene rings is 1. The standard InChI is InChI=1S/C20H28N2O2.C12H22N2.C2H6/c1-5-14(2)13-17(21-4)18-11-6-7-12-22(18)20(24)16-10-8-9-15(3)19(16)23;1-4-6-10(3)12(5-2)14-8-7-11(13)9-14;1-2/h8-10,13,18,23H,5-7,11-12H2,1-4H3;5-6,11H,4,7-9,13H2,1-3H3;1-2H3/b14-13+,21-17?;10-6-,12-5?;/t18-;11-;/m00./s1. The van der Waals surface area contributed by atoms with E-state index in [4.69, 9.17) is 5.73 Å². The van der Waals surface area contributed by atoms with Crippen molar-refractivity contribution >= 4 is 11.6 Å². The monoisotopic (exact) mass is 552 g/mol. The number of amides is 1. The number of phenolic OH excluding ortho intramolecular Hbond substituents is 1. The van der Waals surface area contributed by atoms with Crippen molar-refractivity contribution in [3.8, 4) is 5.75 Å². The molecule has 2 heterocycles. The summed E-state index contributed by atoms with van der Waals surface area (Å²) < 4.78 is 0. The van der Waals surface area contributed by atoms with Crippen molar-refractivity contribution in [2.24, 2.45) is 10.7 Å². The molecule has 1 amide bonds. The number of para-hydroxylation sites is 1. The number of aliphatic imine (C=N–C) groups is 1. The fraction of sp³-hybridized carbons (Fsp3) is 0.588. The van der Waals surface area contributed by atoms with E-state index in [-0.39, 0.29) is 17.7 Å². The summed E-state index contributed by atoms with van der Waals surface area (Å²) >= 11 is 0. The van der Waals surface area contributed by atoms with Crippen LogP contribution in [0.25, 0.3) is 0 Å². The first-order chi connectivity index (χ1) is 19.2. The Bertz CT molecular complexity index is 1050. The Morgan fingerprint density at radius 2 is 1.85 bits per heavy atom. The fourth-order valence-corrected chi connectivity index (χ4v) is 5.21. The Kier molecular flexibility index (Phi) is 16.2. The third kappa shape index (κ3) is 9.96. The lowest BCUT2D eigenvalue weighted by atomic mass is 9.95. The Morgan fingerprint density at radius 3 is 2.40 bits per heavy atom. The first-order valence-corrected chi connectivity index (χ1v) is 15.3. The Labute approximate surface area is 244 Å². The third-order valence-corrected chi connectivity index (χ3v) is 7.54. The van der Waals surface area contributed by atoms with Crippen LogP contribution in [-0.4, -0.2) is 65.3 Å². The van der Waals surface area contributed by atoms with E-state index in [1.54, 1.807) is 13.1 Å². The SMILES string of the molecule is CC.CC/C(C)=C/C(=NC)[C@@H]1CCCCN1C(=O)c1cccc(C)c1O.CC=C(/C(C)=C\CC)N1CC[C@H](N)C1. The van der Waals surface area contributed by atoms with Gasteiger partial charge in [-0.3, -0.25) is 9.79 Å². The van der Waals surface area contributed by atoms with E-state index in [9.17, 15) is 9.90 Å². The van der Waals surface area contributed by atoms with Gasteiger partial charge in [-0.1, -0.05) is 57.6 Å². The van der Waals surface area contributed by atoms with Gasteiger partial charge in [0.15, 0.2) is 0 Å². The molecule has 2 saturated heterocycles. The minimum Gasteiger partial charge on any atom is -0.507 e. The van der Waals surface area contributed by atoms with E-state index in [1.165, 1.54) is 16.8 Å². The zero-order chi connectivity index (χ0) is 30.2. The van der Waals surface area contributed by atoms with Crippen LogP contribution in [0.2, 0.25) is 0 Å². The van der Waals surface area contributed by atoms with Crippen molar-refractivity contribution in [1.82, 2.24) is 9.80 Å². The summed E-state index contributed by atoms with van der Waals surface area (Å²) in [6, 6.07) is 5.67. The number of carbonyl (C=O) groups excluding carboxylic acids is 1. The van der Waals surface area contributed by atoms with Gasteiger partial charge in [0, 0.05) is 38.4 Å². The highest BCUT2D eigenvalue weighted by Gasteiger charge is 2.31. The molecule has 6 nitrogen and oxygen atoms in total. The summed E-state index contributed by atoms with van der Waals surface area (Å²) in [6.07, 6.45) is 12.8. The average Bonchev–Trinajstić information content (AvgIpc) is 3.40. The van der Waals surface area contributed by atoms with Gasteiger partial charge in [0.1, 0.15) is 5.75 Å². The van der Waals surface area contributed by atoms with Crippen molar-refractivity contribution in [2.45, 2.75) is 106 Å². The van der Waals surface area contributed by atoms with Crippen LogP contribution in [0.3, 0.4) is 0 Å². The van der Waals surface area contributed by atoms with Crippen molar-refractivity contribution in [3.63, 3.8) is 0 Å². The van der Waals surface area contributed by atoms with Crippen LogP contribution in [0.5, 0.6) is 5.75 Å². The summed E-state index contributed by atoms with van der Waals surface area (Å²) in [5, 5.41) is 10.3. The maximum absolute atomic E-state index is 13.0. The van der Waals surface area contributed by atoms with Crippen LogP contribution in [-0.2, 0) is 0 Å². The average molecular weight is 553 g/mol. The molecule has 40 heavy (non-hydrogen) atoms. The van der Waals surface area contributed by atoms with Crippen LogP contribution in [0.4, 0.5) is 0 Å². The molecule has 0 aromatic heterocycles. The van der Waals surface area contributed by atoms with E-state index in [0.29, 0.717) is 18.2 Å². The molecule has 0 radical (unpaired) electrons. The van der Waals surface area contributed by atoms with Crippen molar-refractivity contribution in [1.29, 1.82) is 0 Å². The van der Waals surface area contributed by atoms with Gasteiger partial charge in [-0.15, -0.1) is 0 Å². The topological polar surface area (TPSA) is 82.2 Å². The maximum atomic E-state index is 13.0. The van der Waals surface area contributed by atoms with E-state index in [0.717, 1.165) is 62.9 Å². The second kappa shape index (κ2) is 18.5. The van der Waals surface area contributed by atoms with Gasteiger partial charge in [-0.05, 0) is 89.5 Å². The molecule has 0 spiro atoms. The number of aryl methyl sites for hydroxylation is 1. The molecule has 0 aliphatic carbocycles. The number of likely N-dealkylation sites (tertiary alicyclic amines) is 2. The highest BCUT2D eigenvalue weighted by Crippen LogP contribution is 2.27. The summed E-state index contributed by atoms with van der Waals surface area (Å²) in [6.45, 7) is 19.3. The first kappa shape index (κ1) is 35.2. The lowest BCUT2D eigenvalue weighted by Crippen LogP contribution is -2.47. The maximum Gasteiger partial charge on any atom is 0.258 e. The fourth-order valence-electron chi connectivity index (χ4n) is 5.21. The van der Waals surface area contributed by atoms with Gasteiger partial charge in [0.25, 0.3) is 5.91 Å². The zero-order valence-electron chi connectivity index (χ0n) is 26.8. The number of rotatable bonds is 7. The molecular formula is C34H56N4O2. The van der Waals surface area contributed by atoms with Gasteiger partial charge in [-0.25, -0.2) is 0 Å². The number of hydrogen-bond donors (Lipinski definition) is 2. The summed E-state index contributed by atoms with van der Waals surface area (Å²) in [7, 11) is 1.79. The molecule has 0 saturated carbocycles. The number of nitrogens with zero attached hydrogens (tertiary/aromatic N) is 3. The number of carbonyl (C=O) groups is 1. The number of nitrogens with two attached hydrogens (primary N) is 1. The Balaban J connectivity index is 0.000000425. The van der Waals surface area contributed by atoms with Crippen LogP contribution in [0.1, 0.15) is 103 Å². The van der Waals surface area contributed by atoms with Gasteiger partial charge < -0.3 is 20.6 Å². The molecular weight excluding hydrogens is 496 g/mol. The first-order valence-electron chi connectivity index (χ1n) is 15.3. The molecule has 2 aliphatic heterocycles. The highest BCUT2D eigenvalue weighted by atomic mass is 16.3. The van der Waals surface area contributed by atoms with Crippen LogP contribution < -0.4 is 5.73 Å². The lowest BCUT2D eigenvalue weighted by Gasteiger charge is -2.36. The number of aromatic hydroxyl groups is 1. The molecule has 2 fully saturated rings. The number of allylic oxidation sites excluding steroid dienone is 4. The van der Waals surface area contributed by atoms with Gasteiger partial charge in [-0.2, -0.15) is 0 Å². The minimum absolute atomic E-state index is 0.0161. The Morgan fingerprint density at radius 1 is 1.15 bits per heavy atom. The van der Waals surface area contributed by atoms with Gasteiger partial charge in [0.2, 0.25) is 0 Å². The van der Waals surface area contributed by atoms with Crippen molar-refractivity contribution in [2.75, 3.05) is 26.7 Å². The van der Waals surface area contributed by atoms with E-state index in [1.807, 2.05) is 37.8 Å². The summed E-state index contributed by atoms with van der Waals surface area (Å²) in [4.78, 5) is 21.8. The summed E-state index contributed by atoms with van der Waals surface area (Å²) in [5.74, 6) is -0.0216. The van der Waals surface area contributed by atoms with Crippen LogP contribution in [0, 0.1) is 6.92 Å². The molecule has 2 atom stereocenters. The molecule has 2 aliphatic rings. The second-order valence-corrected chi connectivity index (χ2v) is 10.4. The van der Waals surface area contributed by atoms with E-state index < -0.39 is 0 Å². The number of phenols is 1. The van der Waals surface area contributed by atoms with Crippen LogP contribution >= 0.6 is 0 Å². The van der Waals surface area contributed by atoms with E-state index in [2.05, 4.69) is 62.7 Å². The molecule has 1 aromatic carbocycles. The molecule has 0 bridgehead atoms. The van der Waals surface area contributed by atoms with E-state index >= 15 is 0 Å². The molecule has 6 heteroatoms. The smallest absolute Gasteiger partial charge is 0.258 e. The number of piperidine rings is 1. The molecule has 1 aromatic rings. The molecule has 224 valence electrons. The zero-order valence-corrected chi connectivity index (χ0v) is 26.8. The molecule has 3 N–H and O–H groups in total. The minimum atomic E-state index is -0.107. The normalized spacial score (nSPS) is 20.4. The molecule has 0 unspecified atom stereocenters. The number of hydrogen-bond acceptors (Lipinski definition) is 5. The lowest BCUT2D eigenvalue weighted by molar-refractivity contribution is 0.0678. The third-order valence-electron chi connectivity index (χ3n) is 7.54. The second-order valence-electron chi connectivity index (χ2n) is 10.4. The predicted octanol–water partition coefficient (Wildman–Crippen LogP) is 7.43. The van der Waals surface area contributed by atoms with Gasteiger partial charge >= 0.3 is 0 Å². The summed E-state index contributed by atoms with van der Waals surface area (Å²) in [5.41, 5.74) is 12.0. The largest absolute Gasteiger partial charge is 0.507 e. The van der Waals surface area contributed by atoms with Crippen molar-refractivity contribution in [3.05, 3.63) is 64.4 Å².